The molecule has 0 unspecified atom stereocenters. The number of anilines is 1. The first-order valence-electron chi connectivity index (χ1n) is 8.71. The molecule has 2 aliphatic rings. The zero-order valence-electron chi connectivity index (χ0n) is 14.9. The van der Waals surface area contributed by atoms with Gasteiger partial charge in [0.2, 0.25) is 5.91 Å². The molecule has 9 heteroatoms. The quantitative estimate of drug-likeness (QED) is 0.751. The van der Waals surface area contributed by atoms with E-state index >= 15 is 0 Å². The summed E-state index contributed by atoms with van der Waals surface area (Å²) in [4.78, 5) is 38.5. The van der Waals surface area contributed by atoms with E-state index in [9.17, 15) is 18.8 Å². The predicted octanol–water partition coefficient (Wildman–Crippen LogP) is 3.00. The summed E-state index contributed by atoms with van der Waals surface area (Å²) in [5.74, 6) is -1.60. The molecule has 0 fully saturated rings. The second kappa shape index (κ2) is 7.56. The summed E-state index contributed by atoms with van der Waals surface area (Å²) in [6.45, 7) is -0.468. The maximum absolute atomic E-state index is 13.3. The number of amides is 3. The van der Waals surface area contributed by atoms with E-state index in [2.05, 4.69) is 10.6 Å². The van der Waals surface area contributed by atoms with Crippen LogP contribution in [0.2, 0.25) is 5.02 Å². The number of benzene rings is 2. The SMILES string of the molecule is O=C(CN1C(=O)N[C@H](c2ccc(Cl)cc2)C2=C1COC2=O)Nc1cccc(F)c1. The fourth-order valence-electron chi connectivity index (χ4n) is 3.29. The standard InChI is InChI=1S/C20H15ClFN3O4/c21-12-6-4-11(5-7-12)18-17-15(10-29-19(17)27)25(20(28)24-18)9-16(26)23-14-3-1-2-13(22)8-14/h1-8,18H,9-10H2,(H,23,26)(H,24,28)/t18-/m1/s1. The van der Waals surface area contributed by atoms with Crippen molar-refractivity contribution in [3.63, 3.8) is 0 Å². The van der Waals surface area contributed by atoms with Crippen molar-refractivity contribution in [2.75, 3.05) is 18.5 Å². The number of hydrogen-bond acceptors (Lipinski definition) is 4. The van der Waals surface area contributed by atoms with Crippen LogP contribution in [-0.2, 0) is 14.3 Å². The highest BCUT2D eigenvalue weighted by Gasteiger charge is 2.42. The summed E-state index contributed by atoms with van der Waals surface area (Å²) in [7, 11) is 0. The van der Waals surface area contributed by atoms with Gasteiger partial charge in [-0.05, 0) is 35.9 Å². The van der Waals surface area contributed by atoms with E-state index in [0.29, 0.717) is 16.3 Å². The van der Waals surface area contributed by atoms with Gasteiger partial charge in [0.15, 0.2) is 0 Å². The van der Waals surface area contributed by atoms with Gasteiger partial charge in [-0.25, -0.2) is 14.0 Å². The molecule has 148 valence electrons. The maximum atomic E-state index is 13.3. The van der Waals surface area contributed by atoms with E-state index in [1.165, 1.54) is 18.2 Å². The van der Waals surface area contributed by atoms with E-state index in [-0.39, 0.29) is 24.4 Å². The van der Waals surface area contributed by atoms with Gasteiger partial charge in [0.05, 0.1) is 17.3 Å². The summed E-state index contributed by atoms with van der Waals surface area (Å²) in [5.41, 5.74) is 1.52. The Labute approximate surface area is 170 Å². The number of nitrogens with zero attached hydrogens (tertiary/aromatic N) is 1. The molecule has 4 rings (SSSR count). The molecule has 0 aliphatic carbocycles. The van der Waals surface area contributed by atoms with Gasteiger partial charge < -0.3 is 15.4 Å². The molecule has 0 aromatic heterocycles. The smallest absolute Gasteiger partial charge is 0.338 e. The third-order valence-electron chi connectivity index (χ3n) is 4.61. The van der Waals surface area contributed by atoms with Crippen LogP contribution in [0.4, 0.5) is 14.9 Å². The Morgan fingerprint density at radius 2 is 2.00 bits per heavy atom. The molecular formula is C20H15ClFN3O4. The molecular weight excluding hydrogens is 401 g/mol. The third-order valence-corrected chi connectivity index (χ3v) is 4.86. The van der Waals surface area contributed by atoms with E-state index in [1.54, 1.807) is 24.3 Å². The first-order chi connectivity index (χ1) is 13.9. The minimum absolute atomic E-state index is 0.112. The van der Waals surface area contributed by atoms with E-state index in [1.807, 2.05) is 0 Å². The van der Waals surface area contributed by atoms with Crippen molar-refractivity contribution in [1.82, 2.24) is 10.2 Å². The van der Waals surface area contributed by atoms with Crippen LogP contribution in [0.1, 0.15) is 11.6 Å². The van der Waals surface area contributed by atoms with Crippen LogP contribution >= 0.6 is 11.6 Å². The average Bonchev–Trinajstić information content (AvgIpc) is 3.06. The number of rotatable bonds is 4. The molecule has 2 aliphatic heterocycles. The number of halogens is 2. The van der Waals surface area contributed by atoms with Crippen molar-refractivity contribution in [3.8, 4) is 0 Å². The summed E-state index contributed by atoms with van der Waals surface area (Å²) < 4.78 is 18.4. The molecule has 2 heterocycles. The van der Waals surface area contributed by atoms with Crippen LogP contribution in [0.5, 0.6) is 0 Å². The van der Waals surface area contributed by atoms with Crippen molar-refractivity contribution >= 4 is 35.2 Å². The number of urea groups is 1. The Bertz CT molecular complexity index is 1040. The highest BCUT2D eigenvalue weighted by molar-refractivity contribution is 6.30. The lowest BCUT2D eigenvalue weighted by atomic mass is 9.96. The molecule has 0 spiro atoms. The Morgan fingerprint density at radius 3 is 2.72 bits per heavy atom. The molecule has 29 heavy (non-hydrogen) atoms. The molecule has 3 amide bonds. The molecule has 2 aromatic carbocycles. The van der Waals surface area contributed by atoms with Gasteiger partial charge in [-0.15, -0.1) is 0 Å². The Hall–Kier alpha value is -3.39. The number of ether oxygens (including phenoxy) is 1. The lowest BCUT2D eigenvalue weighted by Crippen LogP contribution is -2.49. The fourth-order valence-corrected chi connectivity index (χ4v) is 3.42. The summed E-state index contributed by atoms with van der Waals surface area (Å²) >= 11 is 5.91. The highest BCUT2D eigenvalue weighted by Crippen LogP contribution is 2.35. The molecule has 0 saturated carbocycles. The van der Waals surface area contributed by atoms with E-state index in [0.717, 1.165) is 11.0 Å². The topological polar surface area (TPSA) is 87.7 Å². The predicted molar refractivity (Wildman–Crippen MR) is 102 cm³/mol. The largest absolute Gasteiger partial charge is 0.456 e. The van der Waals surface area contributed by atoms with Crippen LogP contribution in [0.15, 0.2) is 59.8 Å². The fraction of sp³-hybridized carbons (Fsp3) is 0.150. The highest BCUT2D eigenvalue weighted by atomic mass is 35.5. The number of hydrogen-bond donors (Lipinski definition) is 2. The van der Waals surface area contributed by atoms with Crippen molar-refractivity contribution in [2.24, 2.45) is 0 Å². The minimum Gasteiger partial charge on any atom is -0.456 e. The summed E-state index contributed by atoms with van der Waals surface area (Å²) in [6, 6.07) is 10.9. The summed E-state index contributed by atoms with van der Waals surface area (Å²) in [6.07, 6.45) is 0. The van der Waals surface area contributed by atoms with E-state index in [4.69, 9.17) is 16.3 Å². The van der Waals surface area contributed by atoms with Crippen molar-refractivity contribution in [3.05, 3.63) is 76.2 Å². The van der Waals surface area contributed by atoms with E-state index < -0.39 is 29.8 Å². The maximum Gasteiger partial charge on any atom is 0.338 e. The van der Waals surface area contributed by atoms with Crippen molar-refractivity contribution in [1.29, 1.82) is 0 Å². The average molecular weight is 416 g/mol. The van der Waals surface area contributed by atoms with Crippen LogP contribution < -0.4 is 10.6 Å². The number of cyclic esters (lactones) is 1. The zero-order valence-corrected chi connectivity index (χ0v) is 15.7. The van der Waals surface area contributed by atoms with Gasteiger partial charge in [0, 0.05) is 10.7 Å². The summed E-state index contributed by atoms with van der Waals surface area (Å²) in [5, 5.41) is 5.78. The van der Waals surface area contributed by atoms with Gasteiger partial charge in [0.25, 0.3) is 0 Å². The lowest BCUT2D eigenvalue weighted by Gasteiger charge is -2.32. The Balaban J connectivity index is 1.59. The van der Waals surface area contributed by atoms with Crippen molar-refractivity contribution in [2.45, 2.75) is 6.04 Å². The molecule has 0 bridgehead atoms. The molecule has 0 radical (unpaired) electrons. The van der Waals surface area contributed by atoms with Gasteiger partial charge in [-0.1, -0.05) is 29.8 Å². The van der Waals surface area contributed by atoms with Crippen LogP contribution in [0.25, 0.3) is 0 Å². The number of nitrogens with one attached hydrogen (secondary N) is 2. The lowest BCUT2D eigenvalue weighted by molar-refractivity contribution is -0.136. The molecule has 2 aromatic rings. The second-order valence-electron chi connectivity index (χ2n) is 6.52. The first-order valence-corrected chi connectivity index (χ1v) is 9.09. The second-order valence-corrected chi connectivity index (χ2v) is 6.95. The zero-order chi connectivity index (χ0) is 20.5. The number of carbonyl (C=O) groups excluding carboxylic acids is 3. The third kappa shape index (κ3) is 3.79. The van der Waals surface area contributed by atoms with Gasteiger partial charge in [-0.2, -0.15) is 0 Å². The van der Waals surface area contributed by atoms with Gasteiger partial charge >= 0.3 is 12.0 Å². The molecule has 0 saturated heterocycles. The monoisotopic (exact) mass is 415 g/mol. The minimum atomic E-state index is -0.702. The molecule has 2 N–H and O–H groups in total. The van der Waals surface area contributed by atoms with Crippen LogP contribution in [-0.4, -0.2) is 36.0 Å². The normalized spacial score (nSPS) is 18.3. The Morgan fingerprint density at radius 1 is 1.24 bits per heavy atom. The van der Waals surface area contributed by atoms with Crippen molar-refractivity contribution < 1.29 is 23.5 Å². The molecule has 7 nitrogen and oxygen atoms in total. The number of carbonyl (C=O) groups is 3. The van der Waals surface area contributed by atoms with Crippen LogP contribution in [0, 0.1) is 5.82 Å². The number of esters is 1. The first kappa shape index (κ1) is 18.9. The van der Waals surface area contributed by atoms with Crippen LogP contribution in [0.3, 0.4) is 0 Å². The molecule has 1 atom stereocenters. The van der Waals surface area contributed by atoms with Gasteiger partial charge in [0.1, 0.15) is 19.0 Å². The van der Waals surface area contributed by atoms with Gasteiger partial charge in [-0.3, -0.25) is 9.69 Å². The Kier molecular flexibility index (Phi) is 4.94.